The number of methoxy groups -OCH3 is 1. The molecule has 2 amide bonds. The lowest BCUT2D eigenvalue weighted by molar-refractivity contribution is -0.137. The predicted octanol–water partition coefficient (Wildman–Crippen LogP) is 6.90. The number of carbonyl (C=O) groups excluding carboxylic acids is 2. The number of hydrogen-bond donors (Lipinski definition) is 2. The molecule has 0 aliphatic heterocycles. The van der Waals surface area contributed by atoms with E-state index >= 15 is 0 Å². The van der Waals surface area contributed by atoms with E-state index in [-0.39, 0.29) is 18.9 Å². The van der Waals surface area contributed by atoms with E-state index in [1.54, 1.807) is 49.7 Å². The third kappa shape index (κ3) is 8.91. The van der Waals surface area contributed by atoms with Crippen LogP contribution in [0.2, 0.25) is 0 Å². The van der Waals surface area contributed by atoms with Crippen LogP contribution >= 0.6 is 0 Å². The first-order chi connectivity index (χ1) is 22.7. The highest BCUT2D eigenvalue weighted by molar-refractivity contribution is 5.97. The first-order valence-corrected chi connectivity index (χ1v) is 15.8. The molecule has 0 spiro atoms. The molecule has 0 radical (unpaired) electrons. The maximum absolute atomic E-state index is 13.4. The maximum atomic E-state index is 13.4. The quantitative estimate of drug-likeness (QED) is 0.174. The van der Waals surface area contributed by atoms with Gasteiger partial charge >= 0.3 is 5.97 Å². The molecule has 0 saturated carbocycles. The van der Waals surface area contributed by atoms with Crippen LogP contribution in [0.4, 0.5) is 5.69 Å². The van der Waals surface area contributed by atoms with Gasteiger partial charge in [0, 0.05) is 23.4 Å². The van der Waals surface area contributed by atoms with E-state index < -0.39 is 18.4 Å². The number of nitrogens with one attached hydrogen (secondary N) is 1. The Labute approximate surface area is 275 Å². The number of allylic oxidation sites excluding steroid dienone is 2. The van der Waals surface area contributed by atoms with Gasteiger partial charge in [0.25, 0.3) is 5.91 Å². The topological polar surface area (TPSA) is 122 Å². The summed E-state index contributed by atoms with van der Waals surface area (Å²) in [4.78, 5) is 48.1. The lowest BCUT2D eigenvalue weighted by Gasteiger charge is -2.24. The van der Waals surface area contributed by atoms with Gasteiger partial charge in [0.15, 0.2) is 0 Å². The number of amides is 2. The Morgan fingerprint density at radius 2 is 1.57 bits per heavy atom. The first-order valence-electron chi connectivity index (χ1n) is 15.8. The van der Waals surface area contributed by atoms with Gasteiger partial charge < -0.3 is 20.1 Å². The molecule has 1 atom stereocenters. The minimum atomic E-state index is -1.11. The van der Waals surface area contributed by atoms with Crippen molar-refractivity contribution in [1.82, 2.24) is 14.9 Å². The first kappa shape index (κ1) is 33.1. The summed E-state index contributed by atoms with van der Waals surface area (Å²) in [6.07, 6.45) is 9.36. The average molecular weight is 633 g/mol. The number of rotatable bonds is 12. The van der Waals surface area contributed by atoms with Crippen LogP contribution < -0.4 is 10.1 Å². The van der Waals surface area contributed by atoms with Gasteiger partial charge in [0.1, 0.15) is 12.3 Å². The van der Waals surface area contributed by atoms with Crippen molar-refractivity contribution in [2.45, 2.75) is 46.1 Å². The Kier molecular flexibility index (Phi) is 10.8. The number of aromatic nitrogens is 2. The predicted molar refractivity (Wildman–Crippen MR) is 182 cm³/mol. The van der Waals surface area contributed by atoms with E-state index in [4.69, 9.17) is 4.74 Å². The molecule has 0 bridgehead atoms. The molecule has 1 unspecified atom stereocenters. The average Bonchev–Trinajstić information content (AvgIpc) is 3.08. The fourth-order valence-corrected chi connectivity index (χ4v) is 5.71. The summed E-state index contributed by atoms with van der Waals surface area (Å²) in [5.74, 6) is 0.386. The number of hydrogen-bond acceptors (Lipinski definition) is 6. The van der Waals surface area contributed by atoms with Crippen molar-refractivity contribution in [3.05, 3.63) is 114 Å². The van der Waals surface area contributed by atoms with Crippen LogP contribution in [0.5, 0.6) is 5.75 Å². The molecule has 1 aliphatic carbocycles. The summed E-state index contributed by atoms with van der Waals surface area (Å²) in [5.41, 5.74) is 6.26. The highest BCUT2D eigenvalue weighted by Gasteiger charge is 2.21. The normalized spacial score (nSPS) is 14.3. The number of ether oxygens (including phenoxy) is 1. The van der Waals surface area contributed by atoms with Crippen LogP contribution in [0.1, 0.15) is 60.3 Å². The molecule has 0 fully saturated rings. The smallest absolute Gasteiger partial charge is 0.323 e. The van der Waals surface area contributed by atoms with E-state index in [2.05, 4.69) is 35.2 Å². The molecule has 4 aromatic rings. The Balaban J connectivity index is 1.19. The third-order valence-corrected chi connectivity index (χ3v) is 8.55. The zero-order chi connectivity index (χ0) is 33.3. The number of carboxylic acid groups (broad SMARTS) is 1. The maximum Gasteiger partial charge on any atom is 0.323 e. The zero-order valence-electron chi connectivity index (χ0n) is 27.0. The molecule has 2 N–H and O–H groups in total. The van der Waals surface area contributed by atoms with Gasteiger partial charge in [-0.15, -0.1) is 0 Å². The minimum Gasteiger partial charge on any atom is -0.497 e. The minimum absolute atomic E-state index is 0.113. The molecule has 9 nitrogen and oxygen atoms in total. The number of benzene rings is 3. The standard InChI is InChI=1S/C38H40N4O5/c1-25(2)28-10-12-30(13-11-28)35-22-39-34(21-40-35)29-8-4-27(5-9-29)23-42(24-37(44)45)38(46)31-14-16-32(17-15-31)41-36(43)20-26-6-18-33(47-3)19-7-26/h4-9,12,14-19,21-22,25,28H,10-11,13,20,23-24H2,1-3H3,(H,41,43)(H,44,45). The zero-order valence-corrected chi connectivity index (χ0v) is 27.0. The molecular weight excluding hydrogens is 592 g/mol. The molecule has 1 heterocycles. The van der Waals surface area contributed by atoms with Gasteiger partial charge in [-0.3, -0.25) is 24.4 Å². The van der Waals surface area contributed by atoms with Gasteiger partial charge in [0.2, 0.25) is 5.91 Å². The molecule has 3 aromatic carbocycles. The number of aliphatic carboxylic acids is 1. The molecule has 1 aliphatic rings. The number of carboxylic acids is 1. The van der Waals surface area contributed by atoms with E-state index in [1.807, 2.05) is 42.6 Å². The Bertz CT molecular complexity index is 1710. The van der Waals surface area contributed by atoms with Gasteiger partial charge in [-0.05, 0) is 84.2 Å². The molecule has 242 valence electrons. The van der Waals surface area contributed by atoms with Gasteiger partial charge in [-0.25, -0.2) is 0 Å². The summed E-state index contributed by atoms with van der Waals surface area (Å²) in [5, 5.41) is 12.4. The summed E-state index contributed by atoms with van der Waals surface area (Å²) in [6.45, 7) is 4.21. The van der Waals surface area contributed by atoms with E-state index in [0.29, 0.717) is 22.9 Å². The van der Waals surface area contributed by atoms with Crippen LogP contribution in [-0.2, 0) is 22.6 Å². The molecular formula is C38H40N4O5. The SMILES string of the molecule is COc1ccc(CC(=O)Nc2ccc(C(=O)N(CC(=O)O)Cc3ccc(-c4cnc(C5=CCC(C(C)C)CC5)cn4)cc3)cc2)cc1. The Morgan fingerprint density at radius 3 is 2.15 bits per heavy atom. The molecule has 5 rings (SSSR count). The van der Waals surface area contributed by atoms with Crippen LogP contribution in [0.15, 0.2) is 91.3 Å². The van der Waals surface area contributed by atoms with Gasteiger partial charge in [0.05, 0.1) is 37.3 Å². The van der Waals surface area contributed by atoms with Gasteiger partial charge in [-0.1, -0.05) is 56.3 Å². The summed E-state index contributed by atoms with van der Waals surface area (Å²) in [7, 11) is 1.58. The van der Waals surface area contributed by atoms with E-state index in [9.17, 15) is 19.5 Å². The molecule has 1 aromatic heterocycles. The van der Waals surface area contributed by atoms with Crippen molar-refractivity contribution in [3.8, 4) is 17.0 Å². The highest BCUT2D eigenvalue weighted by Crippen LogP contribution is 2.33. The Morgan fingerprint density at radius 1 is 0.915 bits per heavy atom. The van der Waals surface area contributed by atoms with Crippen molar-refractivity contribution in [3.63, 3.8) is 0 Å². The summed E-state index contributed by atoms with van der Waals surface area (Å²) < 4.78 is 5.15. The van der Waals surface area contributed by atoms with Crippen LogP contribution in [-0.4, -0.2) is 51.4 Å². The largest absolute Gasteiger partial charge is 0.497 e. The number of carbonyl (C=O) groups is 3. The lowest BCUT2D eigenvalue weighted by atomic mass is 9.82. The fraction of sp³-hybridized carbons (Fsp3) is 0.289. The van der Waals surface area contributed by atoms with Crippen LogP contribution in [0.25, 0.3) is 16.8 Å². The van der Waals surface area contributed by atoms with Crippen LogP contribution in [0.3, 0.4) is 0 Å². The van der Waals surface area contributed by atoms with E-state index in [1.165, 1.54) is 16.9 Å². The van der Waals surface area contributed by atoms with Crippen molar-refractivity contribution in [2.75, 3.05) is 19.0 Å². The van der Waals surface area contributed by atoms with Crippen molar-refractivity contribution < 1.29 is 24.2 Å². The van der Waals surface area contributed by atoms with Gasteiger partial charge in [-0.2, -0.15) is 0 Å². The second-order valence-electron chi connectivity index (χ2n) is 12.2. The third-order valence-electron chi connectivity index (χ3n) is 8.55. The number of anilines is 1. The number of nitrogens with zero attached hydrogens (tertiary/aromatic N) is 3. The second-order valence-corrected chi connectivity index (χ2v) is 12.2. The molecule has 0 saturated heterocycles. The van der Waals surface area contributed by atoms with Crippen molar-refractivity contribution in [2.24, 2.45) is 11.8 Å². The monoisotopic (exact) mass is 632 g/mol. The van der Waals surface area contributed by atoms with Crippen LogP contribution in [0, 0.1) is 11.8 Å². The van der Waals surface area contributed by atoms with Crippen molar-refractivity contribution >= 4 is 29.0 Å². The van der Waals surface area contributed by atoms with E-state index in [0.717, 1.165) is 46.8 Å². The highest BCUT2D eigenvalue weighted by atomic mass is 16.5. The lowest BCUT2D eigenvalue weighted by Crippen LogP contribution is -2.35. The Hall–Kier alpha value is -5.31. The fourth-order valence-electron chi connectivity index (χ4n) is 5.71. The summed E-state index contributed by atoms with van der Waals surface area (Å²) in [6, 6.07) is 21.2. The molecule has 9 heteroatoms. The second kappa shape index (κ2) is 15.3. The van der Waals surface area contributed by atoms with Crippen molar-refractivity contribution in [1.29, 1.82) is 0 Å². The summed E-state index contributed by atoms with van der Waals surface area (Å²) >= 11 is 0. The molecule has 47 heavy (non-hydrogen) atoms.